The largest absolute Gasteiger partial charge is 0.457 e. The standard InChI is InChI=1S/C56H110O9/c1-3-5-7-9-11-13-15-17-19-21-23-25-26-27-29-31-33-35-37-39-41-43-45-52(58)64-50(49-63-56-55(61)54(60)53(59)51(47-57)65-56)48-62-46-44-42-40-38-36-34-32-30-28-24-22-20-18-16-14-12-10-8-6-4-2/h50-51,53-57,59-61H,3-49H2,1-2H3. The average Bonchev–Trinajstić information content (AvgIpc) is 3.31. The summed E-state index contributed by atoms with van der Waals surface area (Å²) in [5.41, 5.74) is 0. The summed E-state index contributed by atoms with van der Waals surface area (Å²) in [6.07, 6.45) is 48.6. The van der Waals surface area contributed by atoms with Crippen molar-refractivity contribution in [2.24, 2.45) is 0 Å². The zero-order chi connectivity index (χ0) is 47.1. The Morgan fingerprint density at radius 2 is 0.754 bits per heavy atom. The maximum Gasteiger partial charge on any atom is 0.306 e. The molecule has 0 aliphatic carbocycles. The summed E-state index contributed by atoms with van der Waals surface area (Å²) in [6.45, 7) is 4.65. The van der Waals surface area contributed by atoms with E-state index in [9.17, 15) is 25.2 Å². The summed E-state index contributed by atoms with van der Waals surface area (Å²) < 4.78 is 23.0. The number of ether oxygens (including phenoxy) is 4. The fourth-order valence-corrected chi connectivity index (χ4v) is 9.32. The molecule has 9 heteroatoms. The van der Waals surface area contributed by atoms with Crippen molar-refractivity contribution in [2.45, 2.75) is 327 Å². The highest BCUT2D eigenvalue weighted by atomic mass is 16.7. The molecular weight excluding hydrogens is 817 g/mol. The lowest BCUT2D eigenvalue weighted by molar-refractivity contribution is -0.305. The normalized spacial score (nSPS) is 19.3. The lowest BCUT2D eigenvalue weighted by Gasteiger charge is -2.39. The first kappa shape index (κ1) is 62.2. The second kappa shape index (κ2) is 48.2. The van der Waals surface area contributed by atoms with Crippen LogP contribution in [0.3, 0.4) is 0 Å². The molecule has 0 aromatic rings. The van der Waals surface area contributed by atoms with Crippen LogP contribution in [0, 0.1) is 0 Å². The van der Waals surface area contributed by atoms with E-state index in [1.165, 1.54) is 238 Å². The van der Waals surface area contributed by atoms with Gasteiger partial charge < -0.3 is 39.4 Å². The Labute approximate surface area is 402 Å². The molecule has 0 amide bonds. The number of aliphatic hydroxyl groups excluding tert-OH is 4. The third kappa shape index (κ3) is 38.7. The molecule has 6 atom stereocenters. The first-order chi connectivity index (χ1) is 31.9. The molecule has 1 aliphatic heterocycles. The molecule has 9 nitrogen and oxygen atoms in total. The molecule has 0 radical (unpaired) electrons. The first-order valence-electron chi connectivity index (χ1n) is 28.6. The van der Waals surface area contributed by atoms with Crippen LogP contribution in [0.4, 0.5) is 0 Å². The highest BCUT2D eigenvalue weighted by Gasteiger charge is 2.44. The molecule has 1 saturated heterocycles. The lowest BCUT2D eigenvalue weighted by Crippen LogP contribution is -2.59. The molecule has 1 heterocycles. The summed E-state index contributed by atoms with van der Waals surface area (Å²) in [6, 6.07) is 0. The van der Waals surface area contributed by atoms with Gasteiger partial charge in [-0.2, -0.15) is 0 Å². The Morgan fingerprint density at radius 1 is 0.431 bits per heavy atom. The highest BCUT2D eigenvalue weighted by Crippen LogP contribution is 2.23. The van der Waals surface area contributed by atoms with E-state index in [1.54, 1.807) is 0 Å². The van der Waals surface area contributed by atoms with Gasteiger partial charge in [0.25, 0.3) is 0 Å². The number of hydrogen-bond acceptors (Lipinski definition) is 9. The van der Waals surface area contributed by atoms with Crippen molar-refractivity contribution in [3.8, 4) is 0 Å². The fraction of sp³-hybridized carbons (Fsp3) is 0.982. The minimum absolute atomic E-state index is 0.104. The van der Waals surface area contributed by atoms with Gasteiger partial charge in [-0.15, -0.1) is 0 Å². The Hall–Kier alpha value is -0.810. The second-order valence-electron chi connectivity index (χ2n) is 20.1. The summed E-state index contributed by atoms with van der Waals surface area (Å²) in [5, 5.41) is 40.3. The molecule has 6 unspecified atom stereocenters. The predicted molar refractivity (Wildman–Crippen MR) is 270 cm³/mol. The van der Waals surface area contributed by atoms with Crippen LogP contribution in [0.2, 0.25) is 0 Å². The zero-order valence-electron chi connectivity index (χ0n) is 43.0. The molecule has 1 fully saturated rings. The van der Waals surface area contributed by atoms with Crippen LogP contribution in [0.25, 0.3) is 0 Å². The monoisotopic (exact) mass is 927 g/mol. The molecule has 388 valence electrons. The van der Waals surface area contributed by atoms with Crippen LogP contribution in [0.5, 0.6) is 0 Å². The molecule has 4 N–H and O–H groups in total. The average molecular weight is 927 g/mol. The summed E-state index contributed by atoms with van der Waals surface area (Å²) in [4.78, 5) is 12.9. The molecule has 65 heavy (non-hydrogen) atoms. The van der Waals surface area contributed by atoms with Gasteiger partial charge in [-0.25, -0.2) is 0 Å². The van der Waals surface area contributed by atoms with Crippen molar-refractivity contribution in [2.75, 3.05) is 26.4 Å². The van der Waals surface area contributed by atoms with Crippen LogP contribution in [-0.2, 0) is 23.7 Å². The van der Waals surface area contributed by atoms with E-state index in [0.717, 1.165) is 32.1 Å². The Bertz CT molecular complexity index is 966. The van der Waals surface area contributed by atoms with Gasteiger partial charge in [-0.05, 0) is 12.8 Å². The maximum atomic E-state index is 12.9. The molecule has 1 aliphatic rings. The van der Waals surface area contributed by atoms with Crippen molar-refractivity contribution in [3.05, 3.63) is 0 Å². The van der Waals surface area contributed by atoms with Crippen LogP contribution in [0.15, 0.2) is 0 Å². The van der Waals surface area contributed by atoms with E-state index in [1.807, 2.05) is 0 Å². The number of carbonyl (C=O) groups excluding carboxylic acids is 1. The molecule has 0 saturated carbocycles. The maximum absolute atomic E-state index is 12.9. The predicted octanol–water partition coefficient (Wildman–Crippen LogP) is 14.5. The van der Waals surface area contributed by atoms with Crippen molar-refractivity contribution in [1.29, 1.82) is 0 Å². The van der Waals surface area contributed by atoms with Gasteiger partial charge in [0.2, 0.25) is 0 Å². The van der Waals surface area contributed by atoms with Gasteiger partial charge in [0.1, 0.15) is 30.5 Å². The van der Waals surface area contributed by atoms with Crippen LogP contribution >= 0.6 is 0 Å². The summed E-state index contributed by atoms with van der Waals surface area (Å²) >= 11 is 0. The van der Waals surface area contributed by atoms with E-state index in [2.05, 4.69) is 13.8 Å². The number of esters is 1. The van der Waals surface area contributed by atoms with Crippen molar-refractivity contribution >= 4 is 5.97 Å². The van der Waals surface area contributed by atoms with E-state index >= 15 is 0 Å². The topological polar surface area (TPSA) is 135 Å². The van der Waals surface area contributed by atoms with Gasteiger partial charge in [-0.3, -0.25) is 4.79 Å². The Balaban J connectivity index is 2.13. The molecule has 0 aromatic carbocycles. The summed E-state index contributed by atoms with van der Waals surface area (Å²) in [7, 11) is 0. The molecule has 0 aromatic heterocycles. The second-order valence-corrected chi connectivity index (χ2v) is 20.1. The van der Waals surface area contributed by atoms with Gasteiger partial charge in [0, 0.05) is 13.0 Å². The van der Waals surface area contributed by atoms with Gasteiger partial charge in [-0.1, -0.05) is 271 Å². The van der Waals surface area contributed by atoms with Crippen LogP contribution < -0.4 is 0 Å². The number of carbonyl (C=O) groups is 1. The molecule has 0 bridgehead atoms. The minimum atomic E-state index is -1.53. The van der Waals surface area contributed by atoms with E-state index < -0.39 is 43.4 Å². The van der Waals surface area contributed by atoms with Gasteiger partial charge in [0.05, 0.1) is 19.8 Å². The van der Waals surface area contributed by atoms with Crippen LogP contribution in [0.1, 0.15) is 290 Å². The third-order valence-electron chi connectivity index (χ3n) is 13.8. The molecule has 0 spiro atoms. The van der Waals surface area contributed by atoms with E-state index in [0.29, 0.717) is 13.0 Å². The van der Waals surface area contributed by atoms with Gasteiger partial charge >= 0.3 is 5.97 Å². The first-order valence-corrected chi connectivity index (χ1v) is 28.6. The van der Waals surface area contributed by atoms with Crippen molar-refractivity contribution < 1.29 is 44.2 Å². The molecule has 1 rings (SSSR count). The Kier molecular flexibility index (Phi) is 46.1. The van der Waals surface area contributed by atoms with Crippen LogP contribution in [-0.4, -0.2) is 89.6 Å². The zero-order valence-corrected chi connectivity index (χ0v) is 43.0. The lowest BCUT2D eigenvalue weighted by atomic mass is 9.99. The van der Waals surface area contributed by atoms with E-state index in [4.69, 9.17) is 18.9 Å². The third-order valence-corrected chi connectivity index (χ3v) is 13.8. The SMILES string of the molecule is CCCCCCCCCCCCCCCCCCCCCCCCC(=O)OC(COCCCCCCCCCCCCCCCCCCCCCC)COC1OC(CO)C(O)C(O)C1O. The smallest absolute Gasteiger partial charge is 0.306 e. The highest BCUT2D eigenvalue weighted by molar-refractivity contribution is 5.69. The van der Waals surface area contributed by atoms with Gasteiger partial charge in [0.15, 0.2) is 6.29 Å². The minimum Gasteiger partial charge on any atom is -0.457 e. The number of hydrogen-bond donors (Lipinski definition) is 4. The Morgan fingerprint density at radius 3 is 1.09 bits per heavy atom. The number of rotatable bonds is 51. The van der Waals surface area contributed by atoms with E-state index in [-0.39, 0.29) is 19.2 Å². The quantitative estimate of drug-likeness (QED) is 0.0347. The van der Waals surface area contributed by atoms with Crippen molar-refractivity contribution in [1.82, 2.24) is 0 Å². The summed E-state index contributed by atoms with van der Waals surface area (Å²) in [5.74, 6) is -0.303. The molecular formula is C56H110O9. The fourth-order valence-electron chi connectivity index (χ4n) is 9.32. The number of aliphatic hydroxyl groups is 4. The van der Waals surface area contributed by atoms with Crippen molar-refractivity contribution in [3.63, 3.8) is 0 Å². The number of unbranched alkanes of at least 4 members (excludes halogenated alkanes) is 40.